The largest absolute Gasteiger partial charge is 0.387 e. The van der Waals surface area contributed by atoms with Crippen molar-refractivity contribution in [2.45, 2.75) is 12.5 Å². The summed E-state index contributed by atoms with van der Waals surface area (Å²) in [6.07, 6.45) is 0.492. The van der Waals surface area contributed by atoms with E-state index in [-0.39, 0.29) is 24.0 Å². The van der Waals surface area contributed by atoms with Crippen LogP contribution in [0.4, 0.5) is 0 Å². The number of halogens is 2. The fourth-order valence-electron chi connectivity index (χ4n) is 2.58. The van der Waals surface area contributed by atoms with E-state index in [1.807, 2.05) is 19.2 Å². The van der Waals surface area contributed by atoms with Gasteiger partial charge in [0, 0.05) is 44.7 Å². The molecule has 0 bridgehead atoms. The van der Waals surface area contributed by atoms with Gasteiger partial charge in [-0.25, -0.2) is 0 Å². The number of aliphatic hydroxyl groups is 1. The van der Waals surface area contributed by atoms with E-state index in [1.165, 1.54) is 0 Å². The topological polar surface area (TPSA) is 57.1 Å². The summed E-state index contributed by atoms with van der Waals surface area (Å²) in [5.41, 5.74) is 0.833. The van der Waals surface area contributed by atoms with E-state index in [0.717, 1.165) is 37.7 Å². The van der Waals surface area contributed by atoms with Gasteiger partial charge in [-0.3, -0.25) is 4.99 Å². The molecule has 5 nitrogen and oxygen atoms in total. The summed E-state index contributed by atoms with van der Waals surface area (Å²) in [4.78, 5) is 6.35. The van der Waals surface area contributed by atoms with Crippen LogP contribution in [0.3, 0.4) is 0 Å². The van der Waals surface area contributed by atoms with E-state index in [2.05, 4.69) is 15.2 Å². The molecule has 1 heterocycles. The number of nitrogens with one attached hydrogen (secondary N) is 1. The van der Waals surface area contributed by atoms with E-state index in [9.17, 15) is 5.11 Å². The van der Waals surface area contributed by atoms with Crippen molar-refractivity contribution >= 4 is 41.5 Å². The molecule has 1 saturated heterocycles. The van der Waals surface area contributed by atoms with Gasteiger partial charge >= 0.3 is 0 Å². The number of nitrogens with zero attached hydrogens (tertiary/aromatic N) is 2. The van der Waals surface area contributed by atoms with Gasteiger partial charge in [0.05, 0.1) is 12.7 Å². The lowest BCUT2D eigenvalue weighted by Gasteiger charge is -2.25. The molecule has 0 spiro atoms. The molecule has 1 fully saturated rings. The first-order valence-electron chi connectivity index (χ1n) is 7.53. The quantitative estimate of drug-likeness (QED) is 0.409. The normalized spacial score (nSPS) is 19.1. The average molecular weight is 454 g/mol. The number of ether oxygens (including phenoxy) is 1. The van der Waals surface area contributed by atoms with Gasteiger partial charge in [0.2, 0.25) is 0 Å². The molecule has 23 heavy (non-hydrogen) atoms. The highest BCUT2D eigenvalue weighted by molar-refractivity contribution is 14.0. The van der Waals surface area contributed by atoms with E-state index >= 15 is 0 Å². The monoisotopic (exact) mass is 453 g/mol. The fraction of sp³-hybridized carbons (Fsp3) is 0.562. The summed E-state index contributed by atoms with van der Waals surface area (Å²) in [6, 6.07) is 7.22. The van der Waals surface area contributed by atoms with Crippen LogP contribution in [0.25, 0.3) is 0 Å². The van der Waals surface area contributed by atoms with Gasteiger partial charge in [-0.15, -0.1) is 24.0 Å². The number of aliphatic hydroxyl groups excluding tert-OH is 1. The molecule has 1 aliphatic heterocycles. The van der Waals surface area contributed by atoms with Crippen LogP contribution >= 0.6 is 35.6 Å². The Morgan fingerprint density at radius 2 is 2.17 bits per heavy atom. The Hall–Kier alpha value is -0.570. The lowest BCUT2D eigenvalue weighted by atomic mass is 10.1. The minimum atomic E-state index is -0.600. The lowest BCUT2D eigenvalue weighted by molar-refractivity contribution is 0.176. The summed E-state index contributed by atoms with van der Waals surface area (Å²) < 4.78 is 5.40. The van der Waals surface area contributed by atoms with Gasteiger partial charge in [0.25, 0.3) is 0 Å². The number of aliphatic imine (C=N–C) groups is 1. The smallest absolute Gasteiger partial charge is 0.193 e. The van der Waals surface area contributed by atoms with Crippen LogP contribution in [0.1, 0.15) is 18.1 Å². The van der Waals surface area contributed by atoms with Gasteiger partial charge < -0.3 is 20.1 Å². The first kappa shape index (κ1) is 20.5. The Morgan fingerprint density at radius 1 is 1.48 bits per heavy atom. The molecule has 130 valence electrons. The van der Waals surface area contributed by atoms with Crippen molar-refractivity contribution in [3.8, 4) is 0 Å². The number of hydrogen-bond donors (Lipinski definition) is 2. The lowest BCUT2D eigenvalue weighted by Crippen LogP contribution is -2.42. The molecule has 2 unspecified atom stereocenters. The van der Waals surface area contributed by atoms with Crippen LogP contribution in [-0.4, -0.2) is 56.4 Å². The molecule has 1 aliphatic rings. The highest BCUT2D eigenvalue weighted by Gasteiger charge is 2.19. The first-order chi connectivity index (χ1) is 10.6. The summed E-state index contributed by atoms with van der Waals surface area (Å²) in [6.45, 7) is 2.96. The SMILES string of the molecule is CN=C(NCC(O)c1ccc(Cl)cc1)N(C)CC1CCOC1.I. The van der Waals surface area contributed by atoms with Crippen LogP contribution in [-0.2, 0) is 4.74 Å². The van der Waals surface area contributed by atoms with Gasteiger partial charge in [-0.1, -0.05) is 23.7 Å². The number of benzene rings is 1. The number of guanidine groups is 1. The molecule has 1 aromatic carbocycles. The maximum atomic E-state index is 10.2. The van der Waals surface area contributed by atoms with Crippen molar-refractivity contribution in [2.75, 3.05) is 40.4 Å². The Bertz CT molecular complexity index is 493. The third kappa shape index (κ3) is 6.45. The fourth-order valence-corrected chi connectivity index (χ4v) is 2.70. The van der Waals surface area contributed by atoms with Crippen LogP contribution in [0.15, 0.2) is 29.3 Å². The summed E-state index contributed by atoms with van der Waals surface area (Å²) in [5, 5.41) is 14.1. The van der Waals surface area contributed by atoms with E-state index in [0.29, 0.717) is 17.5 Å². The van der Waals surface area contributed by atoms with E-state index in [4.69, 9.17) is 16.3 Å². The van der Waals surface area contributed by atoms with Crippen molar-refractivity contribution < 1.29 is 9.84 Å². The third-order valence-corrected chi connectivity index (χ3v) is 4.09. The number of rotatable bonds is 5. The molecule has 0 saturated carbocycles. The van der Waals surface area contributed by atoms with Gasteiger partial charge in [-0.2, -0.15) is 0 Å². The third-order valence-electron chi connectivity index (χ3n) is 3.84. The van der Waals surface area contributed by atoms with E-state index < -0.39 is 6.10 Å². The summed E-state index contributed by atoms with van der Waals surface area (Å²) >= 11 is 5.86. The van der Waals surface area contributed by atoms with Crippen LogP contribution in [0, 0.1) is 5.92 Å². The van der Waals surface area contributed by atoms with Crippen LogP contribution < -0.4 is 5.32 Å². The predicted molar refractivity (Wildman–Crippen MR) is 105 cm³/mol. The molecule has 2 N–H and O–H groups in total. The molecule has 0 aliphatic carbocycles. The molecule has 1 aromatic rings. The number of hydrogen-bond acceptors (Lipinski definition) is 3. The van der Waals surface area contributed by atoms with Crippen LogP contribution in [0.5, 0.6) is 0 Å². The van der Waals surface area contributed by atoms with Crippen molar-refractivity contribution in [1.29, 1.82) is 0 Å². The van der Waals surface area contributed by atoms with Gasteiger partial charge in [-0.05, 0) is 24.1 Å². The molecule has 0 radical (unpaired) electrons. The predicted octanol–water partition coefficient (Wildman–Crippen LogP) is 2.54. The van der Waals surface area contributed by atoms with Crippen LogP contribution in [0.2, 0.25) is 5.02 Å². The highest BCUT2D eigenvalue weighted by Crippen LogP contribution is 2.16. The Balaban J connectivity index is 0.00000264. The molecule has 2 rings (SSSR count). The standard InChI is InChI=1S/C16H24ClN3O2.HI/c1-18-16(20(2)10-12-7-8-22-11-12)19-9-15(21)13-3-5-14(17)6-4-13;/h3-6,12,15,21H,7-11H2,1-2H3,(H,18,19);1H. The Labute approximate surface area is 160 Å². The van der Waals surface area contributed by atoms with Crippen molar-refractivity contribution in [3.63, 3.8) is 0 Å². The van der Waals surface area contributed by atoms with Gasteiger partial charge in [0.1, 0.15) is 0 Å². The molecule has 7 heteroatoms. The maximum Gasteiger partial charge on any atom is 0.193 e. The molecule has 0 aromatic heterocycles. The van der Waals surface area contributed by atoms with Crippen molar-refractivity contribution in [1.82, 2.24) is 10.2 Å². The minimum Gasteiger partial charge on any atom is -0.387 e. The molecule has 0 amide bonds. The highest BCUT2D eigenvalue weighted by atomic mass is 127. The second kappa shape index (κ2) is 10.3. The first-order valence-corrected chi connectivity index (χ1v) is 7.91. The molecular formula is C16H25ClIN3O2. The zero-order chi connectivity index (χ0) is 15.9. The zero-order valence-electron chi connectivity index (χ0n) is 13.5. The second-order valence-corrected chi connectivity index (χ2v) is 6.04. The Kier molecular flexibility index (Phi) is 9.19. The zero-order valence-corrected chi connectivity index (χ0v) is 16.6. The van der Waals surface area contributed by atoms with E-state index in [1.54, 1.807) is 19.2 Å². The summed E-state index contributed by atoms with van der Waals surface area (Å²) in [7, 11) is 3.75. The second-order valence-electron chi connectivity index (χ2n) is 5.61. The van der Waals surface area contributed by atoms with Crippen molar-refractivity contribution in [3.05, 3.63) is 34.9 Å². The summed E-state index contributed by atoms with van der Waals surface area (Å²) in [5.74, 6) is 1.32. The molecular weight excluding hydrogens is 429 g/mol. The molecule has 2 atom stereocenters. The van der Waals surface area contributed by atoms with Gasteiger partial charge in [0.15, 0.2) is 5.96 Å². The minimum absolute atomic E-state index is 0. The maximum absolute atomic E-state index is 10.2. The average Bonchev–Trinajstić information content (AvgIpc) is 3.01. The van der Waals surface area contributed by atoms with Crippen molar-refractivity contribution in [2.24, 2.45) is 10.9 Å². The Morgan fingerprint density at radius 3 is 2.74 bits per heavy atom.